The fourth-order valence-corrected chi connectivity index (χ4v) is 2.74. The molecule has 0 saturated carbocycles. The molecule has 0 fully saturated rings. The van der Waals surface area contributed by atoms with Gasteiger partial charge in [0.05, 0.1) is 5.69 Å². The van der Waals surface area contributed by atoms with E-state index in [0.717, 1.165) is 16.3 Å². The maximum absolute atomic E-state index is 12.1. The Kier molecular flexibility index (Phi) is 4.80. The normalized spacial score (nSPS) is 11.3. The largest absolute Gasteiger partial charge is 0.573 e. The zero-order valence-electron chi connectivity index (χ0n) is 12.7. The molecule has 0 aliphatic rings. The van der Waals surface area contributed by atoms with Gasteiger partial charge in [0.25, 0.3) is 0 Å². The van der Waals surface area contributed by atoms with Crippen molar-refractivity contribution >= 4 is 11.3 Å². The number of hydrogen-bond donors (Lipinski definition) is 1. The molecule has 0 aliphatic carbocycles. The smallest absolute Gasteiger partial charge is 0.508 e. The molecule has 1 N–H and O–H groups in total. The Morgan fingerprint density at radius 3 is 2.24 bits per heavy atom. The minimum absolute atomic E-state index is 0.181. The molecule has 0 saturated heterocycles. The second-order valence-corrected chi connectivity index (χ2v) is 5.92. The van der Waals surface area contributed by atoms with E-state index >= 15 is 0 Å². The van der Waals surface area contributed by atoms with Crippen LogP contribution in [0.15, 0.2) is 53.9 Å². The summed E-state index contributed by atoms with van der Waals surface area (Å²) in [7, 11) is 0. The Balaban J connectivity index is 1.59. The van der Waals surface area contributed by atoms with Gasteiger partial charge in [-0.25, -0.2) is 4.98 Å². The van der Waals surface area contributed by atoms with Gasteiger partial charge in [-0.15, -0.1) is 24.5 Å². The molecule has 0 atom stereocenters. The van der Waals surface area contributed by atoms with Gasteiger partial charge >= 0.3 is 6.36 Å². The first kappa shape index (κ1) is 17.1. The van der Waals surface area contributed by atoms with E-state index in [9.17, 15) is 18.3 Å². The molecule has 0 radical (unpaired) electrons. The van der Waals surface area contributed by atoms with E-state index in [2.05, 4.69) is 9.72 Å². The first-order valence-corrected chi connectivity index (χ1v) is 7.99. The molecule has 4 nitrogen and oxygen atoms in total. The van der Waals surface area contributed by atoms with Gasteiger partial charge in [0.15, 0.2) is 0 Å². The van der Waals surface area contributed by atoms with Crippen molar-refractivity contribution in [1.29, 1.82) is 0 Å². The molecule has 3 rings (SSSR count). The molecule has 2 aromatic carbocycles. The predicted molar refractivity (Wildman–Crippen MR) is 86.7 cm³/mol. The summed E-state index contributed by atoms with van der Waals surface area (Å²) < 4.78 is 45.6. The molecule has 0 aliphatic heterocycles. The summed E-state index contributed by atoms with van der Waals surface area (Å²) in [5.41, 5.74) is 1.63. The topological polar surface area (TPSA) is 51.6 Å². The van der Waals surface area contributed by atoms with E-state index in [1.165, 1.54) is 35.6 Å². The fourth-order valence-electron chi connectivity index (χ4n) is 2.02. The van der Waals surface area contributed by atoms with E-state index in [4.69, 9.17) is 4.74 Å². The molecule has 25 heavy (non-hydrogen) atoms. The Morgan fingerprint density at radius 1 is 0.960 bits per heavy atom. The quantitative estimate of drug-likeness (QED) is 0.690. The molecule has 3 aromatic rings. The number of nitrogens with zero attached hydrogens (tertiary/aromatic N) is 1. The number of benzene rings is 2. The van der Waals surface area contributed by atoms with Crippen LogP contribution < -0.4 is 9.47 Å². The number of halogens is 3. The van der Waals surface area contributed by atoms with E-state index in [-0.39, 0.29) is 18.1 Å². The Morgan fingerprint density at radius 2 is 1.60 bits per heavy atom. The first-order chi connectivity index (χ1) is 11.9. The zero-order chi connectivity index (χ0) is 17.9. The third kappa shape index (κ3) is 4.87. The molecule has 8 heteroatoms. The van der Waals surface area contributed by atoms with Crippen LogP contribution in [0.25, 0.3) is 11.3 Å². The van der Waals surface area contributed by atoms with Crippen LogP contribution in [0.4, 0.5) is 13.2 Å². The molecule has 1 heterocycles. The highest BCUT2D eigenvalue weighted by Crippen LogP contribution is 2.27. The van der Waals surface area contributed by atoms with Crippen LogP contribution in [0.2, 0.25) is 0 Å². The van der Waals surface area contributed by atoms with E-state index in [0.29, 0.717) is 5.75 Å². The first-order valence-electron chi connectivity index (χ1n) is 7.11. The number of rotatable bonds is 5. The summed E-state index contributed by atoms with van der Waals surface area (Å²) in [6, 6.07) is 11.8. The lowest BCUT2D eigenvalue weighted by Gasteiger charge is -2.09. The van der Waals surface area contributed by atoms with Crippen molar-refractivity contribution in [3.8, 4) is 28.5 Å². The highest BCUT2D eigenvalue weighted by atomic mass is 32.1. The van der Waals surface area contributed by atoms with Crippen molar-refractivity contribution in [2.75, 3.05) is 0 Å². The molecule has 0 unspecified atom stereocenters. The zero-order valence-corrected chi connectivity index (χ0v) is 13.5. The van der Waals surface area contributed by atoms with Crippen molar-refractivity contribution in [3.05, 3.63) is 58.9 Å². The average Bonchev–Trinajstić information content (AvgIpc) is 3.02. The lowest BCUT2D eigenvalue weighted by Crippen LogP contribution is -2.16. The van der Waals surface area contributed by atoms with Crippen molar-refractivity contribution < 1.29 is 27.8 Å². The number of hydrogen-bond acceptors (Lipinski definition) is 5. The van der Waals surface area contributed by atoms with Crippen LogP contribution in [0.5, 0.6) is 17.2 Å². The SMILES string of the molecule is Oc1ccc(-c2csc(COc3ccc(OC(F)(F)F)cc3)n2)cc1. The van der Waals surface area contributed by atoms with E-state index < -0.39 is 6.36 Å². The number of thiazole rings is 1. The minimum Gasteiger partial charge on any atom is -0.508 e. The van der Waals surface area contributed by atoms with E-state index in [1.54, 1.807) is 24.3 Å². The summed E-state index contributed by atoms with van der Waals surface area (Å²) in [6.07, 6.45) is -4.71. The summed E-state index contributed by atoms with van der Waals surface area (Å²) >= 11 is 1.41. The number of aromatic hydroxyl groups is 1. The number of phenolic OH excluding ortho intramolecular Hbond substituents is 1. The average molecular weight is 367 g/mol. The maximum atomic E-state index is 12.1. The van der Waals surface area contributed by atoms with Gasteiger partial charge in [0.2, 0.25) is 0 Å². The number of alkyl halides is 3. The molecule has 0 bridgehead atoms. The predicted octanol–water partition coefficient (Wildman–Crippen LogP) is 4.99. The van der Waals surface area contributed by atoms with Crippen molar-refractivity contribution in [2.24, 2.45) is 0 Å². The van der Waals surface area contributed by atoms with Gasteiger partial charge in [-0.3, -0.25) is 0 Å². The molecular formula is C17H12F3NO3S. The van der Waals surface area contributed by atoms with Crippen LogP contribution in [0, 0.1) is 0 Å². The van der Waals surface area contributed by atoms with Crippen LogP contribution in [-0.4, -0.2) is 16.5 Å². The number of aromatic nitrogens is 1. The summed E-state index contributed by atoms with van der Waals surface area (Å²) in [5.74, 6) is 0.292. The molecular weight excluding hydrogens is 355 g/mol. The van der Waals surface area contributed by atoms with Gasteiger partial charge in [0, 0.05) is 10.9 Å². The van der Waals surface area contributed by atoms with Gasteiger partial charge < -0.3 is 14.6 Å². The highest BCUT2D eigenvalue weighted by Gasteiger charge is 2.30. The lowest BCUT2D eigenvalue weighted by molar-refractivity contribution is -0.274. The van der Waals surface area contributed by atoms with Crippen LogP contribution >= 0.6 is 11.3 Å². The third-order valence-electron chi connectivity index (χ3n) is 3.13. The molecule has 130 valence electrons. The number of ether oxygens (including phenoxy) is 2. The summed E-state index contributed by atoms with van der Waals surface area (Å²) in [4.78, 5) is 4.43. The maximum Gasteiger partial charge on any atom is 0.573 e. The molecule has 0 amide bonds. The minimum atomic E-state index is -4.71. The van der Waals surface area contributed by atoms with Crippen molar-refractivity contribution in [2.45, 2.75) is 13.0 Å². The Bertz CT molecular complexity index is 830. The van der Waals surface area contributed by atoms with Crippen LogP contribution in [-0.2, 0) is 6.61 Å². The van der Waals surface area contributed by atoms with Gasteiger partial charge in [-0.05, 0) is 48.5 Å². The van der Waals surface area contributed by atoms with Crippen LogP contribution in [0.1, 0.15) is 5.01 Å². The lowest BCUT2D eigenvalue weighted by atomic mass is 10.2. The monoisotopic (exact) mass is 367 g/mol. The second-order valence-electron chi connectivity index (χ2n) is 4.98. The third-order valence-corrected chi connectivity index (χ3v) is 3.96. The summed E-state index contributed by atoms with van der Waals surface area (Å²) in [6.45, 7) is 0.197. The summed E-state index contributed by atoms with van der Waals surface area (Å²) in [5, 5.41) is 11.9. The van der Waals surface area contributed by atoms with Crippen molar-refractivity contribution in [1.82, 2.24) is 4.98 Å². The van der Waals surface area contributed by atoms with Gasteiger partial charge in [0.1, 0.15) is 28.9 Å². The Labute approximate surface area is 145 Å². The highest BCUT2D eigenvalue weighted by molar-refractivity contribution is 7.09. The molecule has 0 spiro atoms. The van der Waals surface area contributed by atoms with E-state index in [1.807, 2.05) is 5.38 Å². The van der Waals surface area contributed by atoms with Gasteiger partial charge in [-0.1, -0.05) is 0 Å². The Hall–Kier alpha value is -2.74. The van der Waals surface area contributed by atoms with Crippen molar-refractivity contribution in [3.63, 3.8) is 0 Å². The second kappa shape index (κ2) is 7.02. The standard InChI is InChI=1S/C17H12F3NO3S/c18-17(19,20)24-14-7-5-13(6-8-14)23-9-16-21-15(10-25-16)11-1-3-12(22)4-2-11/h1-8,10,22H,9H2. The van der Waals surface area contributed by atoms with Gasteiger partial charge in [-0.2, -0.15) is 0 Å². The van der Waals surface area contributed by atoms with Crippen LogP contribution in [0.3, 0.4) is 0 Å². The fraction of sp³-hybridized carbons (Fsp3) is 0.118. The number of phenols is 1. The molecule has 1 aromatic heterocycles.